The van der Waals surface area contributed by atoms with Crippen LogP contribution < -0.4 is 25.4 Å². The Kier molecular flexibility index (Phi) is 11.9. The number of hydrogen-bond donors (Lipinski definition) is 3. The van der Waals surface area contributed by atoms with Gasteiger partial charge in [0.25, 0.3) is 5.91 Å². The minimum absolute atomic E-state index is 0.0243. The molecule has 2 amide bonds. The molecule has 2 heterocycles. The van der Waals surface area contributed by atoms with Gasteiger partial charge in [0.1, 0.15) is 18.0 Å². The second kappa shape index (κ2) is 15.9. The molecule has 258 valence electrons. The fourth-order valence-electron chi connectivity index (χ4n) is 4.23. The smallest absolute Gasteiger partial charge is 0.422 e. The molecule has 4 rings (SSSR count). The summed E-state index contributed by atoms with van der Waals surface area (Å²) in [6.07, 6.45) is -5.10. The van der Waals surface area contributed by atoms with Gasteiger partial charge in [-0.2, -0.15) is 28.1 Å². The Morgan fingerprint density at radius 2 is 1.65 bits per heavy atom. The highest BCUT2D eigenvalue weighted by Gasteiger charge is 2.32. The molecular weight excluding hydrogens is 655 g/mol. The average Bonchev–Trinajstić information content (AvgIpc) is 3.00. The van der Waals surface area contributed by atoms with Gasteiger partial charge in [-0.25, -0.2) is 4.79 Å². The van der Waals surface area contributed by atoms with Gasteiger partial charge in [-0.1, -0.05) is 18.7 Å². The summed E-state index contributed by atoms with van der Waals surface area (Å²) in [7, 11) is 0. The van der Waals surface area contributed by atoms with E-state index in [1.165, 1.54) is 0 Å². The number of alkyl halides is 4. The van der Waals surface area contributed by atoms with Gasteiger partial charge in [-0.05, 0) is 68.3 Å². The SMILES string of the molecule is C=C(CCl)COc1ccc(CNc2nc(Nc3ccc(C(=O)N4CC(CNC(=O)OC(C)(C)C)C4)cc3)nc(OCC(F)(F)F)n2)cc1. The Labute approximate surface area is 281 Å². The molecule has 0 spiro atoms. The molecular formula is C32H37ClF3N7O5. The zero-order valence-corrected chi connectivity index (χ0v) is 27.5. The normalized spacial score (nSPS) is 13.3. The van der Waals surface area contributed by atoms with E-state index in [4.69, 9.17) is 25.8 Å². The minimum atomic E-state index is -4.60. The molecule has 0 bridgehead atoms. The number of likely N-dealkylation sites (tertiary alicyclic amines) is 1. The fraction of sp³-hybridized carbons (Fsp3) is 0.406. The summed E-state index contributed by atoms with van der Waals surface area (Å²) in [5.41, 5.74) is 1.87. The van der Waals surface area contributed by atoms with Crippen molar-refractivity contribution in [3.63, 3.8) is 0 Å². The minimum Gasteiger partial charge on any atom is -0.489 e. The largest absolute Gasteiger partial charge is 0.489 e. The molecule has 16 heteroatoms. The summed E-state index contributed by atoms with van der Waals surface area (Å²) >= 11 is 5.72. The summed E-state index contributed by atoms with van der Waals surface area (Å²) in [5.74, 6) is 0.754. The van der Waals surface area contributed by atoms with Crippen molar-refractivity contribution in [2.24, 2.45) is 5.92 Å². The molecule has 12 nitrogen and oxygen atoms in total. The van der Waals surface area contributed by atoms with E-state index in [0.717, 1.165) is 11.1 Å². The van der Waals surface area contributed by atoms with Gasteiger partial charge >= 0.3 is 18.3 Å². The molecule has 0 atom stereocenters. The lowest BCUT2D eigenvalue weighted by atomic mass is 9.99. The first-order chi connectivity index (χ1) is 22.7. The first-order valence-electron chi connectivity index (χ1n) is 14.9. The van der Waals surface area contributed by atoms with E-state index in [1.807, 2.05) is 0 Å². The Hall–Kier alpha value is -4.79. The maximum Gasteiger partial charge on any atom is 0.422 e. The summed E-state index contributed by atoms with van der Waals surface area (Å²) < 4.78 is 54.1. The molecule has 3 N–H and O–H groups in total. The molecule has 0 radical (unpaired) electrons. The highest BCUT2D eigenvalue weighted by atomic mass is 35.5. The van der Waals surface area contributed by atoms with Gasteiger partial charge in [0.05, 0.1) is 0 Å². The van der Waals surface area contributed by atoms with Crippen molar-refractivity contribution in [3.8, 4) is 11.8 Å². The van der Waals surface area contributed by atoms with E-state index >= 15 is 0 Å². The van der Waals surface area contributed by atoms with Crippen LogP contribution in [0.4, 0.5) is 35.5 Å². The number of carbonyl (C=O) groups excluding carboxylic acids is 2. The van der Waals surface area contributed by atoms with Crippen molar-refractivity contribution in [1.82, 2.24) is 25.2 Å². The first-order valence-corrected chi connectivity index (χ1v) is 15.5. The number of anilines is 3. The molecule has 1 aliphatic rings. The number of nitrogens with one attached hydrogen (secondary N) is 3. The lowest BCUT2D eigenvalue weighted by Crippen LogP contribution is -2.54. The van der Waals surface area contributed by atoms with E-state index in [2.05, 4.69) is 37.5 Å². The van der Waals surface area contributed by atoms with Gasteiger partial charge in [0.15, 0.2) is 6.61 Å². The Balaban J connectivity index is 1.34. The first kappa shape index (κ1) is 36.1. The van der Waals surface area contributed by atoms with Gasteiger partial charge < -0.3 is 35.1 Å². The number of alkyl carbamates (subject to hydrolysis) is 1. The van der Waals surface area contributed by atoms with Crippen LogP contribution in [0.5, 0.6) is 11.8 Å². The molecule has 0 aliphatic carbocycles. The van der Waals surface area contributed by atoms with E-state index in [0.29, 0.717) is 42.5 Å². The standard InChI is InChI=1S/C32H37ClF3N7O5/c1-20(13-33)18-46-25-11-5-21(6-12-25)14-37-27-40-28(42-29(41-27)47-19-32(34,35)36)39-24-9-7-23(8-10-24)26(44)43-16-22(17-43)15-38-30(45)48-31(2,3)4/h5-12,22H,1,13-19H2,2-4H3,(H,38,45)(H2,37,39,40,41,42). The number of ether oxygens (including phenoxy) is 3. The Morgan fingerprint density at radius 3 is 2.27 bits per heavy atom. The highest BCUT2D eigenvalue weighted by Crippen LogP contribution is 2.23. The maximum absolute atomic E-state index is 12.9. The number of nitrogens with zero attached hydrogens (tertiary/aromatic N) is 4. The van der Waals surface area contributed by atoms with Crippen molar-refractivity contribution in [2.45, 2.75) is 39.1 Å². The molecule has 1 fully saturated rings. The maximum atomic E-state index is 12.9. The summed E-state index contributed by atoms with van der Waals surface area (Å²) in [6, 6.07) is 13.0. The van der Waals surface area contributed by atoms with Gasteiger partial charge in [0, 0.05) is 49.2 Å². The topological polar surface area (TPSA) is 140 Å². The summed E-state index contributed by atoms with van der Waals surface area (Å²) in [6.45, 7) is 9.44. The number of hydrogen-bond acceptors (Lipinski definition) is 10. The van der Waals surface area contributed by atoms with Crippen molar-refractivity contribution in [2.75, 3.05) is 49.4 Å². The number of aromatic nitrogens is 3. The van der Waals surface area contributed by atoms with Crippen LogP contribution in [-0.2, 0) is 11.3 Å². The van der Waals surface area contributed by atoms with Crippen molar-refractivity contribution in [3.05, 3.63) is 71.8 Å². The summed E-state index contributed by atoms with van der Waals surface area (Å²) in [5, 5.41) is 8.60. The molecule has 2 aromatic carbocycles. The third kappa shape index (κ3) is 11.8. The molecule has 1 aliphatic heterocycles. The fourth-order valence-corrected chi connectivity index (χ4v) is 4.30. The van der Waals surface area contributed by atoms with Crippen LogP contribution in [0.15, 0.2) is 60.7 Å². The highest BCUT2D eigenvalue weighted by molar-refractivity contribution is 6.19. The number of halogens is 4. The van der Waals surface area contributed by atoms with Crippen molar-refractivity contribution < 1.29 is 37.0 Å². The molecule has 0 saturated carbocycles. The van der Waals surface area contributed by atoms with Crippen LogP contribution in [-0.4, -0.2) is 82.4 Å². The van der Waals surface area contributed by atoms with Gasteiger partial charge in [0.2, 0.25) is 11.9 Å². The Morgan fingerprint density at radius 1 is 0.979 bits per heavy atom. The number of carbonyl (C=O) groups is 2. The van der Waals surface area contributed by atoms with E-state index < -0.39 is 30.5 Å². The zero-order chi connectivity index (χ0) is 34.9. The van der Waals surface area contributed by atoms with Crippen LogP contribution in [0.3, 0.4) is 0 Å². The van der Waals surface area contributed by atoms with E-state index in [9.17, 15) is 22.8 Å². The Bertz CT molecular complexity index is 1560. The monoisotopic (exact) mass is 691 g/mol. The van der Waals surface area contributed by atoms with Crippen LogP contribution >= 0.6 is 11.6 Å². The van der Waals surface area contributed by atoms with Crippen LogP contribution in [0, 0.1) is 5.92 Å². The van der Waals surface area contributed by atoms with Crippen molar-refractivity contribution in [1.29, 1.82) is 0 Å². The van der Waals surface area contributed by atoms with Crippen LogP contribution in [0.1, 0.15) is 36.7 Å². The number of rotatable bonds is 14. The van der Waals surface area contributed by atoms with E-state index in [-0.39, 0.29) is 36.9 Å². The van der Waals surface area contributed by atoms with Gasteiger partial charge in [-0.15, -0.1) is 11.6 Å². The third-order valence-electron chi connectivity index (χ3n) is 6.55. The predicted octanol–water partition coefficient (Wildman–Crippen LogP) is 5.94. The number of amides is 2. The second-order valence-electron chi connectivity index (χ2n) is 12.0. The van der Waals surface area contributed by atoms with Gasteiger partial charge in [-0.3, -0.25) is 4.79 Å². The predicted molar refractivity (Wildman–Crippen MR) is 174 cm³/mol. The molecule has 3 aromatic rings. The van der Waals surface area contributed by atoms with Crippen LogP contribution in [0.2, 0.25) is 0 Å². The quantitative estimate of drug-likeness (QED) is 0.138. The summed E-state index contributed by atoms with van der Waals surface area (Å²) in [4.78, 5) is 38.6. The lowest BCUT2D eigenvalue weighted by molar-refractivity contribution is -0.154. The second-order valence-corrected chi connectivity index (χ2v) is 12.3. The average molecular weight is 692 g/mol. The number of benzene rings is 2. The molecule has 0 unspecified atom stereocenters. The zero-order valence-electron chi connectivity index (χ0n) is 26.7. The molecule has 1 aromatic heterocycles. The van der Waals surface area contributed by atoms with E-state index in [1.54, 1.807) is 74.2 Å². The van der Waals surface area contributed by atoms with Crippen molar-refractivity contribution >= 4 is 41.2 Å². The molecule has 48 heavy (non-hydrogen) atoms. The molecule has 1 saturated heterocycles. The lowest BCUT2D eigenvalue weighted by Gasteiger charge is -2.39. The third-order valence-corrected chi connectivity index (χ3v) is 6.93. The van der Waals surface area contributed by atoms with Crippen LogP contribution in [0.25, 0.3) is 0 Å².